The maximum Gasteiger partial charge on any atom is 0.407 e. The number of unbranched alkanes of at least 4 members (excludes halogenated alkanes) is 1. The molecule has 7 nitrogen and oxygen atoms in total. The zero-order valence-electron chi connectivity index (χ0n) is 15.1. The van der Waals surface area contributed by atoms with Gasteiger partial charge < -0.3 is 20.5 Å². The predicted molar refractivity (Wildman–Crippen MR) is 94.9 cm³/mol. The minimum Gasteiger partial charge on any atom is -0.478 e. The van der Waals surface area contributed by atoms with Crippen LogP contribution in [0.15, 0.2) is 18.2 Å². The highest BCUT2D eigenvalue weighted by Gasteiger charge is 2.15. The SMILES string of the molecule is Cc1ccc(C(=O)O)c(NC(=O)CCCCNC(=O)OC(C)(C)C)c1. The largest absolute Gasteiger partial charge is 0.478 e. The molecule has 0 aliphatic carbocycles. The van der Waals surface area contributed by atoms with Crippen LogP contribution in [0.2, 0.25) is 0 Å². The molecule has 0 aliphatic heterocycles. The fraction of sp³-hybridized carbons (Fsp3) is 0.500. The lowest BCUT2D eigenvalue weighted by atomic mass is 10.1. The van der Waals surface area contributed by atoms with Crippen LogP contribution in [0, 0.1) is 6.92 Å². The Bertz CT molecular complexity index is 635. The van der Waals surface area contributed by atoms with Crippen molar-refractivity contribution in [1.29, 1.82) is 0 Å². The van der Waals surface area contributed by atoms with Crippen LogP contribution < -0.4 is 10.6 Å². The average Bonchev–Trinajstić information content (AvgIpc) is 2.44. The van der Waals surface area contributed by atoms with Crippen LogP contribution >= 0.6 is 0 Å². The summed E-state index contributed by atoms with van der Waals surface area (Å²) in [4.78, 5) is 34.6. The summed E-state index contributed by atoms with van der Waals surface area (Å²) in [5.41, 5.74) is 0.677. The summed E-state index contributed by atoms with van der Waals surface area (Å²) in [6.45, 7) is 7.59. The quantitative estimate of drug-likeness (QED) is 0.654. The van der Waals surface area contributed by atoms with Crippen molar-refractivity contribution in [2.45, 2.75) is 52.6 Å². The fourth-order valence-corrected chi connectivity index (χ4v) is 2.08. The van der Waals surface area contributed by atoms with E-state index < -0.39 is 17.7 Å². The molecule has 25 heavy (non-hydrogen) atoms. The summed E-state index contributed by atoms with van der Waals surface area (Å²) in [5.74, 6) is -1.35. The van der Waals surface area contributed by atoms with E-state index in [0.717, 1.165) is 5.56 Å². The van der Waals surface area contributed by atoms with Crippen LogP contribution in [-0.4, -0.2) is 35.2 Å². The van der Waals surface area contributed by atoms with E-state index in [0.29, 0.717) is 25.1 Å². The molecular weight excluding hydrogens is 324 g/mol. The van der Waals surface area contributed by atoms with Gasteiger partial charge in [0.1, 0.15) is 5.60 Å². The molecule has 0 aliphatic rings. The van der Waals surface area contributed by atoms with Crippen molar-refractivity contribution >= 4 is 23.7 Å². The number of alkyl carbamates (subject to hydrolysis) is 1. The van der Waals surface area contributed by atoms with Gasteiger partial charge in [0.05, 0.1) is 11.3 Å². The number of aryl methyl sites for hydroxylation is 1. The number of amides is 2. The lowest BCUT2D eigenvalue weighted by molar-refractivity contribution is -0.116. The van der Waals surface area contributed by atoms with Crippen molar-refractivity contribution in [3.05, 3.63) is 29.3 Å². The molecule has 0 fully saturated rings. The van der Waals surface area contributed by atoms with Crippen LogP contribution in [0.3, 0.4) is 0 Å². The smallest absolute Gasteiger partial charge is 0.407 e. The third-order valence-corrected chi connectivity index (χ3v) is 3.18. The van der Waals surface area contributed by atoms with Crippen molar-refractivity contribution in [2.24, 2.45) is 0 Å². The number of hydrogen-bond acceptors (Lipinski definition) is 4. The Hall–Kier alpha value is -2.57. The molecule has 0 bridgehead atoms. The van der Waals surface area contributed by atoms with Gasteiger partial charge in [-0.2, -0.15) is 0 Å². The minimum absolute atomic E-state index is 0.0607. The van der Waals surface area contributed by atoms with E-state index in [2.05, 4.69) is 10.6 Å². The van der Waals surface area contributed by atoms with Gasteiger partial charge in [-0.25, -0.2) is 9.59 Å². The highest BCUT2D eigenvalue weighted by atomic mass is 16.6. The molecule has 7 heteroatoms. The van der Waals surface area contributed by atoms with Gasteiger partial charge in [-0.3, -0.25) is 4.79 Å². The van der Waals surface area contributed by atoms with E-state index in [-0.39, 0.29) is 17.9 Å². The summed E-state index contributed by atoms with van der Waals surface area (Å²) in [6, 6.07) is 4.78. The van der Waals surface area contributed by atoms with Crippen molar-refractivity contribution in [2.75, 3.05) is 11.9 Å². The van der Waals surface area contributed by atoms with Crippen molar-refractivity contribution in [3.8, 4) is 0 Å². The van der Waals surface area contributed by atoms with Crippen molar-refractivity contribution in [1.82, 2.24) is 5.32 Å². The molecule has 0 unspecified atom stereocenters. The molecule has 0 aromatic heterocycles. The zero-order chi connectivity index (χ0) is 19.0. The standard InChI is InChI=1S/C18H26N2O5/c1-12-8-9-13(16(22)23)14(11-12)20-15(21)7-5-6-10-19-17(24)25-18(2,3)4/h8-9,11H,5-7,10H2,1-4H3,(H,19,24)(H,20,21)(H,22,23). The van der Waals surface area contributed by atoms with Crippen LogP contribution in [-0.2, 0) is 9.53 Å². The second kappa shape index (κ2) is 9.05. The van der Waals surface area contributed by atoms with Crippen molar-refractivity contribution in [3.63, 3.8) is 0 Å². The molecule has 1 rings (SSSR count). The lowest BCUT2D eigenvalue weighted by Crippen LogP contribution is -2.33. The van der Waals surface area contributed by atoms with E-state index in [9.17, 15) is 14.4 Å². The number of carbonyl (C=O) groups excluding carboxylic acids is 2. The number of carboxylic acid groups (broad SMARTS) is 1. The average molecular weight is 350 g/mol. The second-order valence-electron chi connectivity index (χ2n) is 6.79. The summed E-state index contributed by atoms with van der Waals surface area (Å²) in [6.07, 6.45) is 0.938. The summed E-state index contributed by atoms with van der Waals surface area (Å²) in [7, 11) is 0. The fourth-order valence-electron chi connectivity index (χ4n) is 2.08. The highest BCUT2D eigenvalue weighted by molar-refractivity contribution is 6.00. The van der Waals surface area contributed by atoms with Gasteiger partial charge in [-0.15, -0.1) is 0 Å². The molecule has 1 aromatic rings. The Morgan fingerprint density at radius 3 is 2.44 bits per heavy atom. The summed E-state index contributed by atoms with van der Waals surface area (Å²) >= 11 is 0. The maximum absolute atomic E-state index is 12.0. The van der Waals surface area contributed by atoms with Gasteiger partial charge in [-0.1, -0.05) is 6.07 Å². The molecule has 0 radical (unpaired) electrons. The molecule has 138 valence electrons. The molecule has 3 N–H and O–H groups in total. The Morgan fingerprint density at radius 2 is 1.84 bits per heavy atom. The number of hydrogen-bond donors (Lipinski definition) is 3. The number of rotatable bonds is 7. The topological polar surface area (TPSA) is 105 Å². The van der Waals surface area contributed by atoms with Gasteiger partial charge >= 0.3 is 12.1 Å². The van der Waals surface area contributed by atoms with E-state index in [1.165, 1.54) is 6.07 Å². The van der Waals surface area contributed by atoms with E-state index >= 15 is 0 Å². The predicted octanol–water partition coefficient (Wildman–Crippen LogP) is 3.33. The second-order valence-corrected chi connectivity index (χ2v) is 6.79. The number of benzene rings is 1. The summed E-state index contributed by atoms with van der Waals surface area (Å²) < 4.78 is 5.11. The Morgan fingerprint density at radius 1 is 1.16 bits per heavy atom. The first-order valence-corrected chi connectivity index (χ1v) is 8.19. The van der Waals surface area contributed by atoms with Gasteiger partial charge in [0.2, 0.25) is 5.91 Å². The minimum atomic E-state index is -1.09. The first-order chi connectivity index (χ1) is 11.6. The number of carboxylic acids is 1. The van der Waals surface area contributed by atoms with Crippen molar-refractivity contribution < 1.29 is 24.2 Å². The van der Waals surface area contributed by atoms with Crippen LogP contribution in [0.25, 0.3) is 0 Å². The number of anilines is 1. The molecule has 0 spiro atoms. The van der Waals surface area contributed by atoms with Gasteiger partial charge in [-0.05, 0) is 58.2 Å². The van der Waals surface area contributed by atoms with Crippen LogP contribution in [0.4, 0.5) is 10.5 Å². The van der Waals surface area contributed by atoms with Crippen LogP contribution in [0.1, 0.15) is 56.0 Å². The zero-order valence-corrected chi connectivity index (χ0v) is 15.1. The van der Waals surface area contributed by atoms with E-state index in [4.69, 9.17) is 9.84 Å². The van der Waals surface area contributed by atoms with E-state index in [1.54, 1.807) is 32.9 Å². The first kappa shape index (κ1) is 20.5. The van der Waals surface area contributed by atoms with E-state index in [1.807, 2.05) is 6.92 Å². The maximum atomic E-state index is 12.0. The number of ether oxygens (including phenoxy) is 1. The van der Waals surface area contributed by atoms with Crippen LogP contribution in [0.5, 0.6) is 0 Å². The normalized spacial score (nSPS) is 10.9. The number of nitrogens with one attached hydrogen (secondary N) is 2. The molecule has 0 heterocycles. The third-order valence-electron chi connectivity index (χ3n) is 3.18. The first-order valence-electron chi connectivity index (χ1n) is 8.19. The third kappa shape index (κ3) is 8.19. The highest BCUT2D eigenvalue weighted by Crippen LogP contribution is 2.18. The number of aromatic carboxylic acids is 1. The summed E-state index contributed by atoms with van der Waals surface area (Å²) in [5, 5.41) is 14.4. The molecule has 2 amide bonds. The lowest BCUT2D eigenvalue weighted by Gasteiger charge is -2.19. The molecule has 0 atom stereocenters. The monoisotopic (exact) mass is 350 g/mol. The molecule has 0 saturated heterocycles. The van der Waals surface area contributed by atoms with Gasteiger partial charge in [0, 0.05) is 13.0 Å². The molecule has 0 saturated carbocycles. The molecule has 1 aromatic carbocycles. The Labute approximate surface area is 147 Å². The number of carbonyl (C=O) groups is 3. The van der Waals surface area contributed by atoms with Gasteiger partial charge in [0.15, 0.2) is 0 Å². The Kier molecular flexibility index (Phi) is 7.42. The Balaban J connectivity index is 2.36. The molecular formula is C18H26N2O5. The van der Waals surface area contributed by atoms with Gasteiger partial charge in [0.25, 0.3) is 0 Å².